The van der Waals surface area contributed by atoms with E-state index in [1.807, 2.05) is 0 Å². The fraction of sp³-hybridized carbons (Fsp3) is 0.300. The average molecular weight is 262 g/mol. The molecule has 0 spiro atoms. The van der Waals surface area contributed by atoms with Crippen LogP contribution in [0.5, 0.6) is 0 Å². The van der Waals surface area contributed by atoms with Crippen LogP contribution >= 0.6 is 0 Å². The Kier molecular flexibility index (Phi) is 3.25. The molecule has 2 aromatic rings. The molecule has 0 N–H and O–H groups in total. The van der Waals surface area contributed by atoms with E-state index < -0.39 is 0 Å². The molecule has 102 valence electrons. The van der Waals surface area contributed by atoms with E-state index in [4.69, 9.17) is 0 Å². The van der Waals surface area contributed by atoms with Gasteiger partial charge < -0.3 is 0 Å². The second-order valence-electron chi connectivity index (χ2n) is 6.72. The highest BCUT2D eigenvalue weighted by molar-refractivity contribution is 5.68. The maximum Gasteiger partial charge on any atom is 0.0103 e. The van der Waals surface area contributed by atoms with Crippen LogP contribution in [-0.2, 0) is 6.42 Å². The molecule has 20 heavy (non-hydrogen) atoms. The van der Waals surface area contributed by atoms with Crippen LogP contribution in [0.1, 0.15) is 43.4 Å². The molecule has 0 saturated carbocycles. The van der Waals surface area contributed by atoms with E-state index in [1.54, 1.807) is 5.57 Å². The first kappa shape index (κ1) is 13.2. The van der Waals surface area contributed by atoms with E-state index >= 15 is 0 Å². The van der Waals surface area contributed by atoms with Crippen molar-refractivity contribution in [2.24, 2.45) is 5.41 Å². The average Bonchev–Trinajstić information content (AvgIpc) is 2.79. The zero-order valence-electron chi connectivity index (χ0n) is 12.6. The minimum atomic E-state index is 0.221. The van der Waals surface area contributed by atoms with Gasteiger partial charge in [-0.3, -0.25) is 0 Å². The molecule has 1 unspecified atom stereocenters. The summed E-state index contributed by atoms with van der Waals surface area (Å²) in [5.41, 5.74) is 6.09. The number of hydrogen-bond acceptors (Lipinski definition) is 0. The van der Waals surface area contributed by atoms with Crippen molar-refractivity contribution in [3.8, 4) is 0 Å². The normalized spacial score (nSPS) is 17.8. The zero-order valence-corrected chi connectivity index (χ0v) is 12.6. The van der Waals surface area contributed by atoms with E-state index in [1.165, 1.54) is 16.7 Å². The summed E-state index contributed by atoms with van der Waals surface area (Å²) in [6.45, 7) is 6.97. The lowest BCUT2D eigenvalue weighted by Gasteiger charge is -2.27. The second-order valence-corrected chi connectivity index (χ2v) is 6.72. The van der Waals surface area contributed by atoms with Crippen molar-refractivity contribution in [1.29, 1.82) is 0 Å². The molecule has 0 radical (unpaired) electrons. The van der Waals surface area contributed by atoms with Crippen molar-refractivity contribution in [3.63, 3.8) is 0 Å². The van der Waals surface area contributed by atoms with Crippen LogP contribution in [0.3, 0.4) is 0 Å². The third-order valence-electron chi connectivity index (χ3n) is 4.21. The number of hydrogen-bond donors (Lipinski definition) is 0. The summed E-state index contributed by atoms with van der Waals surface area (Å²) in [6.07, 6.45) is 3.50. The summed E-state index contributed by atoms with van der Waals surface area (Å²) >= 11 is 0. The van der Waals surface area contributed by atoms with Crippen LogP contribution in [-0.4, -0.2) is 0 Å². The van der Waals surface area contributed by atoms with Gasteiger partial charge in [0, 0.05) is 5.92 Å². The number of benzene rings is 2. The molecule has 2 aromatic carbocycles. The minimum absolute atomic E-state index is 0.221. The minimum Gasteiger partial charge on any atom is -0.0622 e. The van der Waals surface area contributed by atoms with Gasteiger partial charge in [0.2, 0.25) is 0 Å². The summed E-state index contributed by atoms with van der Waals surface area (Å²) in [5, 5.41) is 0. The molecule has 1 aliphatic rings. The Labute approximate surface area is 122 Å². The molecule has 1 aliphatic carbocycles. The van der Waals surface area contributed by atoms with Gasteiger partial charge in [-0.25, -0.2) is 0 Å². The highest BCUT2D eigenvalue weighted by Gasteiger charge is 2.31. The molecular formula is C20H22. The molecule has 1 atom stereocenters. The highest BCUT2D eigenvalue weighted by atomic mass is 14.4. The monoisotopic (exact) mass is 262 g/mol. The SMILES string of the molecule is CC(C)(C)C1=Cc2ccccc2C1Cc1ccccc1. The lowest BCUT2D eigenvalue weighted by molar-refractivity contribution is 0.469. The summed E-state index contributed by atoms with van der Waals surface area (Å²) in [5.74, 6) is 0.522. The van der Waals surface area contributed by atoms with Gasteiger partial charge in [0.1, 0.15) is 0 Å². The van der Waals surface area contributed by atoms with Crippen LogP contribution in [0.15, 0.2) is 60.2 Å². The van der Waals surface area contributed by atoms with Crippen molar-refractivity contribution in [2.45, 2.75) is 33.1 Å². The molecule has 0 heterocycles. The first-order valence-electron chi connectivity index (χ1n) is 7.40. The van der Waals surface area contributed by atoms with E-state index in [2.05, 4.69) is 81.4 Å². The molecular weight excluding hydrogens is 240 g/mol. The van der Waals surface area contributed by atoms with E-state index in [-0.39, 0.29) is 5.41 Å². The maximum atomic E-state index is 2.41. The van der Waals surface area contributed by atoms with Gasteiger partial charge in [-0.15, -0.1) is 0 Å². The lowest BCUT2D eigenvalue weighted by Crippen LogP contribution is -2.15. The van der Waals surface area contributed by atoms with Crippen molar-refractivity contribution < 1.29 is 0 Å². The van der Waals surface area contributed by atoms with Gasteiger partial charge in [-0.2, -0.15) is 0 Å². The first-order chi connectivity index (χ1) is 9.55. The number of fused-ring (bicyclic) bond motifs is 1. The van der Waals surface area contributed by atoms with Gasteiger partial charge in [0.05, 0.1) is 0 Å². The van der Waals surface area contributed by atoms with Crippen LogP contribution in [0.4, 0.5) is 0 Å². The molecule has 3 rings (SSSR count). The molecule has 0 bridgehead atoms. The van der Waals surface area contributed by atoms with Crippen LogP contribution in [0, 0.1) is 5.41 Å². The van der Waals surface area contributed by atoms with E-state index in [0.29, 0.717) is 5.92 Å². The topological polar surface area (TPSA) is 0 Å². The maximum absolute atomic E-state index is 2.41. The summed E-state index contributed by atoms with van der Waals surface area (Å²) < 4.78 is 0. The number of rotatable bonds is 2. The quantitative estimate of drug-likeness (QED) is 0.674. The lowest BCUT2D eigenvalue weighted by atomic mass is 9.77. The number of allylic oxidation sites excluding steroid dienone is 1. The predicted molar refractivity (Wildman–Crippen MR) is 86.8 cm³/mol. The zero-order chi connectivity index (χ0) is 14.2. The molecule has 0 saturated heterocycles. The first-order valence-corrected chi connectivity index (χ1v) is 7.40. The summed E-state index contributed by atoms with van der Waals surface area (Å²) in [7, 11) is 0. The third-order valence-corrected chi connectivity index (χ3v) is 4.21. The van der Waals surface area contributed by atoms with E-state index in [9.17, 15) is 0 Å². The summed E-state index contributed by atoms with van der Waals surface area (Å²) in [6, 6.07) is 19.7. The Morgan fingerprint density at radius 1 is 0.850 bits per heavy atom. The smallest absolute Gasteiger partial charge is 0.0103 e. The predicted octanol–water partition coefficient (Wildman–Crippen LogP) is 5.46. The summed E-state index contributed by atoms with van der Waals surface area (Å²) in [4.78, 5) is 0. The van der Waals surface area contributed by atoms with Crippen LogP contribution in [0.2, 0.25) is 0 Å². The highest BCUT2D eigenvalue weighted by Crippen LogP contribution is 2.46. The Morgan fingerprint density at radius 3 is 2.20 bits per heavy atom. The molecule has 0 amide bonds. The van der Waals surface area contributed by atoms with Gasteiger partial charge in [-0.05, 0) is 28.5 Å². The molecule has 0 heteroatoms. The molecule has 0 aromatic heterocycles. The van der Waals surface area contributed by atoms with E-state index in [0.717, 1.165) is 6.42 Å². The van der Waals surface area contributed by atoms with Crippen molar-refractivity contribution in [2.75, 3.05) is 0 Å². The van der Waals surface area contributed by atoms with Gasteiger partial charge in [0.25, 0.3) is 0 Å². The molecule has 0 aliphatic heterocycles. The van der Waals surface area contributed by atoms with Gasteiger partial charge in [0.15, 0.2) is 0 Å². The van der Waals surface area contributed by atoms with Gasteiger partial charge in [-0.1, -0.05) is 87.0 Å². The van der Waals surface area contributed by atoms with Gasteiger partial charge >= 0.3 is 0 Å². The Hall–Kier alpha value is -1.82. The second kappa shape index (κ2) is 4.94. The third kappa shape index (κ3) is 2.43. The van der Waals surface area contributed by atoms with Crippen LogP contribution in [0.25, 0.3) is 6.08 Å². The molecule has 0 nitrogen and oxygen atoms in total. The van der Waals surface area contributed by atoms with Crippen molar-refractivity contribution in [3.05, 3.63) is 76.9 Å². The Bertz CT molecular complexity index is 627. The van der Waals surface area contributed by atoms with Crippen molar-refractivity contribution >= 4 is 6.08 Å². The fourth-order valence-corrected chi connectivity index (χ4v) is 3.20. The largest absolute Gasteiger partial charge is 0.0622 e. The Morgan fingerprint density at radius 2 is 1.50 bits per heavy atom. The molecule has 0 fully saturated rings. The fourth-order valence-electron chi connectivity index (χ4n) is 3.20. The standard InChI is InChI=1S/C20H22/c1-20(2,3)19-14-16-11-7-8-12-17(16)18(19)13-15-9-5-4-6-10-15/h4-12,14,18H,13H2,1-3H3. The van der Waals surface area contributed by atoms with Crippen molar-refractivity contribution in [1.82, 2.24) is 0 Å². The van der Waals surface area contributed by atoms with Crippen LogP contribution < -0.4 is 0 Å². The Balaban J connectivity index is 2.00.